The Morgan fingerprint density at radius 1 is 1.67 bits per heavy atom. The second kappa shape index (κ2) is 1.93. The molecular weight excluding hydrogens is 118 g/mol. The number of nitrogens with zero attached hydrogens (tertiary/aromatic N) is 1. The van der Waals surface area contributed by atoms with Gasteiger partial charge in [0.1, 0.15) is 0 Å². The van der Waals surface area contributed by atoms with Gasteiger partial charge in [0.25, 0.3) is 0 Å². The molecule has 1 aromatic heterocycles. The van der Waals surface area contributed by atoms with E-state index in [0.717, 1.165) is 0 Å². The highest BCUT2D eigenvalue weighted by atomic mass is 16.3. The minimum absolute atomic E-state index is 0.234. The van der Waals surface area contributed by atoms with Crippen LogP contribution in [-0.2, 0) is 5.11 Å². The molecule has 0 aromatic carbocycles. The third-order valence-electron chi connectivity index (χ3n) is 1.06. The molecule has 0 spiro atoms. The lowest BCUT2D eigenvalue weighted by Crippen LogP contribution is -1.78. The minimum Gasteiger partial charge on any atom is -0.504 e. The molecule has 47 valence electrons. The first kappa shape index (κ1) is 5.88. The SMILES string of the molecule is Cc1nccc(O)c1[O]. The topological polar surface area (TPSA) is 53.0 Å². The zero-order valence-electron chi connectivity index (χ0n) is 4.96. The van der Waals surface area contributed by atoms with E-state index in [-0.39, 0.29) is 5.75 Å². The second-order valence-corrected chi connectivity index (χ2v) is 1.74. The molecule has 1 rings (SSSR count). The Morgan fingerprint density at radius 2 is 2.33 bits per heavy atom. The van der Waals surface area contributed by atoms with Crippen molar-refractivity contribution in [1.29, 1.82) is 0 Å². The fraction of sp³-hybridized carbons (Fsp3) is 0.167. The quantitative estimate of drug-likeness (QED) is 0.565. The van der Waals surface area contributed by atoms with Crippen LogP contribution >= 0.6 is 0 Å². The molecule has 3 nitrogen and oxygen atoms in total. The van der Waals surface area contributed by atoms with E-state index in [9.17, 15) is 5.11 Å². The van der Waals surface area contributed by atoms with Gasteiger partial charge in [0.05, 0.1) is 5.69 Å². The van der Waals surface area contributed by atoms with Gasteiger partial charge in [-0.05, 0) is 6.92 Å². The van der Waals surface area contributed by atoms with Crippen LogP contribution in [0.4, 0.5) is 0 Å². The summed E-state index contributed by atoms with van der Waals surface area (Å²) in [5.41, 5.74) is 0.329. The van der Waals surface area contributed by atoms with E-state index in [2.05, 4.69) is 4.98 Å². The molecule has 0 atom stereocenters. The molecule has 0 aliphatic rings. The molecule has 3 heteroatoms. The lowest BCUT2D eigenvalue weighted by atomic mass is 10.3. The van der Waals surface area contributed by atoms with Gasteiger partial charge in [-0.1, -0.05) is 0 Å². The zero-order chi connectivity index (χ0) is 6.85. The van der Waals surface area contributed by atoms with Gasteiger partial charge in [0, 0.05) is 12.3 Å². The van der Waals surface area contributed by atoms with Crippen molar-refractivity contribution < 1.29 is 10.2 Å². The predicted octanol–water partition coefficient (Wildman–Crippen LogP) is 1.24. The minimum atomic E-state index is -0.391. The van der Waals surface area contributed by atoms with Crippen molar-refractivity contribution >= 4 is 0 Å². The molecular formula is C6H6NO2. The molecule has 1 radical (unpaired) electrons. The van der Waals surface area contributed by atoms with Gasteiger partial charge >= 0.3 is 0 Å². The third kappa shape index (κ3) is 0.937. The Balaban J connectivity index is 3.25. The van der Waals surface area contributed by atoms with Crippen molar-refractivity contribution in [2.24, 2.45) is 0 Å². The van der Waals surface area contributed by atoms with Gasteiger partial charge in [-0.3, -0.25) is 10.1 Å². The van der Waals surface area contributed by atoms with Gasteiger partial charge in [-0.25, -0.2) is 0 Å². The van der Waals surface area contributed by atoms with Crippen LogP contribution < -0.4 is 0 Å². The Hall–Kier alpha value is -1.25. The number of aryl methyl sites for hydroxylation is 1. The highest BCUT2D eigenvalue weighted by Gasteiger charge is 2.02. The maximum absolute atomic E-state index is 10.7. The van der Waals surface area contributed by atoms with Crippen molar-refractivity contribution in [3.63, 3.8) is 0 Å². The summed E-state index contributed by atoms with van der Waals surface area (Å²) in [5.74, 6) is -0.625. The van der Waals surface area contributed by atoms with Crippen molar-refractivity contribution in [3.8, 4) is 11.5 Å². The van der Waals surface area contributed by atoms with E-state index < -0.39 is 5.75 Å². The summed E-state index contributed by atoms with van der Waals surface area (Å²) in [7, 11) is 0. The van der Waals surface area contributed by atoms with E-state index in [4.69, 9.17) is 5.11 Å². The van der Waals surface area contributed by atoms with Crippen LogP contribution in [0.25, 0.3) is 0 Å². The largest absolute Gasteiger partial charge is 0.504 e. The summed E-state index contributed by atoms with van der Waals surface area (Å²) in [6.07, 6.45) is 1.39. The average Bonchev–Trinajstić information content (AvgIpc) is 1.83. The first-order valence-electron chi connectivity index (χ1n) is 2.53. The number of rotatable bonds is 0. The highest BCUT2D eigenvalue weighted by molar-refractivity contribution is 5.38. The van der Waals surface area contributed by atoms with Crippen molar-refractivity contribution in [3.05, 3.63) is 18.0 Å². The number of hydrogen-bond acceptors (Lipinski definition) is 2. The lowest BCUT2D eigenvalue weighted by Gasteiger charge is -1.93. The van der Waals surface area contributed by atoms with Crippen LogP contribution in [0.3, 0.4) is 0 Å². The Labute approximate surface area is 52.6 Å². The summed E-state index contributed by atoms with van der Waals surface area (Å²) in [4.78, 5) is 3.67. The molecule has 1 heterocycles. The molecule has 0 unspecified atom stereocenters. The molecule has 0 fully saturated rings. The summed E-state index contributed by atoms with van der Waals surface area (Å²) in [5, 5.41) is 19.4. The van der Waals surface area contributed by atoms with Crippen LogP contribution in [0.15, 0.2) is 12.3 Å². The molecule has 9 heavy (non-hydrogen) atoms. The van der Waals surface area contributed by atoms with Crippen molar-refractivity contribution in [1.82, 2.24) is 4.98 Å². The molecule has 0 saturated carbocycles. The average molecular weight is 124 g/mol. The summed E-state index contributed by atoms with van der Waals surface area (Å²) in [6, 6.07) is 1.27. The normalized spacial score (nSPS) is 9.44. The van der Waals surface area contributed by atoms with Gasteiger partial charge in [-0.2, -0.15) is 0 Å². The maximum atomic E-state index is 10.7. The summed E-state index contributed by atoms with van der Waals surface area (Å²) >= 11 is 0. The summed E-state index contributed by atoms with van der Waals surface area (Å²) < 4.78 is 0. The first-order valence-corrected chi connectivity index (χ1v) is 2.53. The van der Waals surface area contributed by atoms with Crippen LogP contribution in [0.5, 0.6) is 11.5 Å². The van der Waals surface area contributed by atoms with Crippen LogP contribution in [0.1, 0.15) is 5.69 Å². The number of hydrogen-bond donors (Lipinski definition) is 1. The van der Waals surface area contributed by atoms with E-state index in [1.54, 1.807) is 6.92 Å². The monoisotopic (exact) mass is 124 g/mol. The molecule has 0 amide bonds. The van der Waals surface area contributed by atoms with Gasteiger partial charge < -0.3 is 5.11 Å². The third-order valence-corrected chi connectivity index (χ3v) is 1.06. The smallest absolute Gasteiger partial charge is 0.241 e. The maximum Gasteiger partial charge on any atom is 0.241 e. The molecule has 1 N–H and O–H groups in total. The predicted molar refractivity (Wildman–Crippen MR) is 30.8 cm³/mol. The van der Waals surface area contributed by atoms with Crippen molar-refractivity contribution in [2.75, 3.05) is 0 Å². The lowest BCUT2D eigenvalue weighted by molar-refractivity contribution is 0.319. The van der Waals surface area contributed by atoms with E-state index in [1.807, 2.05) is 0 Å². The van der Waals surface area contributed by atoms with Gasteiger partial charge in [0.15, 0.2) is 5.75 Å². The van der Waals surface area contributed by atoms with Crippen LogP contribution in [0, 0.1) is 6.92 Å². The fourth-order valence-electron chi connectivity index (χ4n) is 0.539. The van der Waals surface area contributed by atoms with E-state index in [0.29, 0.717) is 5.69 Å². The van der Waals surface area contributed by atoms with Crippen LogP contribution in [-0.4, -0.2) is 10.1 Å². The van der Waals surface area contributed by atoms with E-state index in [1.165, 1.54) is 12.3 Å². The molecule has 0 saturated heterocycles. The van der Waals surface area contributed by atoms with Crippen molar-refractivity contribution in [2.45, 2.75) is 6.92 Å². The number of aromatic nitrogens is 1. The fourth-order valence-corrected chi connectivity index (χ4v) is 0.539. The Kier molecular flexibility index (Phi) is 1.26. The molecule has 1 aromatic rings. The second-order valence-electron chi connectivity index (χ2n) is 1.74. The van der Waals surface area contributed by atoms with Crippen LogP contribution in [0.2, 0.25) is 0 Å². The summed E-state index contributed by atoms with van der Waals surface area (Å²) in [6.45, 7) is 1.56. The molecule has 0 bridgehead atoms. The van der Waals surface area contributed by atoms with E-state index >= 15 is 0 Å². The van der Waals surface area contributed by atoms with Gasteiger partial charge in [-0.15, -0.1) is 0 Å². The standard InChI is InChI=1S/C6H6NO2/c1-4-6(9)5(8)2-3-7-4/h2-3H,1H3,(H,7,8). The molecule has 0 aliphatic heterocycles. The number of pyridine rings is 1. The Morgan fingerprint density at radius 3 is 2.78 bits per heavy atom. The number of aromatic hydroxyl groups is 1. The first-order chi connectivity index (χ1) is 4.22. The molecule has 0 aliphatic carbocycles. The zero-order valence-corrected chi connectivity index (χ0v) is 4.96. The van der Waals surface area contributed by atoms with Gasteiger partial charge in [0.2, 0.25) is 5.75 Å². The Bertz CT molecular complexity index is 202. The highest BCUT2D eigenvalue weighted by Crippen LogP contribution is 2.25.